The largest absolute Gasteiger partial charge is 0.355 e. The van der Waals surface area contributed by atoms with Crippen LogP contribution in [-0.4, -0.2) is 0 Å². The molecule has 0 aliphatic carbocycles. The topological polar surface area (TPSA) is 35.8 Å². The van der Waals surface area contributed by atoms with E-state index in [2.05, 4.69) is 5.32 Å². The molecule has 0 bridgehead atoms. The lowest BCUT2D eigenvalue weighted by atomic mass is 10.2. The molecule has 0 heterocycles. The summed E-state index contributed by atoms with van der Waals surface area (Å²) in [6.07, 6.45) is 0. The number of rotatable bonds is 2. The molecule has 16 heavy (non-hydrogen) atoms. The fraction of sp³-hybridized carbons (Fsp3) is 0. The van der Waals surface area contributed by atoms with E-state index in [1.807, 2.05) is 42.5 Å². The van der Waals surface area contributed by atoms with Crippen LogP contribution in [0.2, 0.25) is 5.02 Å². The number of halogens is 1. The Hall–Kier alpha value is -1.98. The third kappa shape index (κ3) is 2.33. The minimum Gasteiger partial charge on any atom is -0.355 e. The van der Waals surface area contributed by atoms with Crippen molar-refractivity contribution in [2.45, 2.75) is 0 Å². The number of hydrogen-bond donors (Lipinski definition) is 1. The second-order valence-electron chi connectivity index (χ2n) is 3.30. The SMILES string of the molecule is N#Cc1ccc(Nc2ccccc2)cc1Cl. The number of nitrogens with one attached hydrogen (secondary N) is 1. The molecule has 2 rings (SSSR count). The van der Waals surface area contributed by atoms with Crippen LogP contribution in [0.15, 0.2) is 48.5 Å². The molecule has 0 radical (unpaired) electrons. The third-order valence-electron chi connectivity index (χ3n) is 2.15. The van der Waals surface area contributed by atoms with Gasteiger partial charge in [-0.15, -0.1) is 0 Å². The lowest BCUT2D eigenvalue weighted by molar-refractivity contribution is 1.47. The number of nitriles is 1. The van der Waals surface area contributed by atoms with Crippen LogP contribution in [0.4, 0.5) is 11.4 Å². The first-order valence-corrected chi connectivity index (χ1v) is 5.19. The van der Waals surface area contributed by atoms with Crippen molar-refractivity contribution in [3.8, 4) is 6.07 Å². The van der Waals surface area contributed by atoms with Gasteiger partial charge in [-0.05, 0) is 30.3 Å². The van der Waals surface area contributed by atoms with Gasteiger partial charge in [0.25, 0.3) is 0 Å². The standard InChI is InChI=1S/C13H9ClN2/c14-13-8-12(7-6-10(13)9-15)16-11-4-2-1-3-5-11/h1-8,16H. The molecule has 0 unspecified atom stereocenters. The molecule has 0 aliphatic rings. The van der Waals surface area contributed by atoms with Crippen molar-refractivity contribution in [3.63, 3.8) is 0 Å². The van der Waals surface area contributed by atoms with E-state index in [9.17, 15) is 0 Å². The summed E-state index contributed by atoms with van der Waals surface area (Å²) in [4.78, 5) is 0. The zero-order valence-corrected chi connectivity index (χ0v) is 9.20. The lowest BCUT2D eigenvalue weighted by Crippen LogP contribution is -1.90. The van der Waals surface area contributed by atoms with Gasteiger partial charge in [-0.25, -0.2) is 0 Å². The maximum Gasteiger partial charge on any atom is 0.101 e. The predicted molar refractivity (Wildman–Crippen MR) is 65.9 cm³/mol. The highest BCUT2D eigenvalue weighted by Gasteiger charge is 2.00. The van der Waals surface area contributed by atoms with Gasteiger partial charge in [-0.3, -0.25) is 0 Å². The van der Waals surface area contributed by atoms with Gasteiger partial charge in [-0.1, -0.05) is 29.8 Å². The highest BCUT2D eigenvalue weighted by Crippen LogP contribution is 2.22. The molecular formula is C13H9ClN2. The van der Waals surface area contributed by atoms with Crippen molar-refractivity contribution < 1.29 is 0 Å². The molecule has 0 saturated carbocycles. The maximum absolute atomic E-state index is 8.74. The second-order valence-corrected chi connectivity index (χ2v) is 3.70. The fourth-order valence-corrected chi connectivity index (χ4v) is 1.59. The summed E-state index contributed by atoms with van der Waals surface area (Å²) in [5, 5.41) is 12.4. The summed E-state index contributed by atoms with van der Waals surface area (Å²) in [7, 11) is 0. The summed E-state index contributed by atoms with van der Waals surface area (Å²) in [5.41, 5.74) is 2.35. The molecule has 78 valence electrons. The Bertz CT molecular complexity index is 529. The Balaban J connectivity index is 2.24. The normalized spacial score (nSPS) is 9.50. The van der Waals surface area contributed by atoms with Crippen molar-refractivity contribution >= 4 is 23.0 Å². The molecule has 0 aliphatic heterocycles. The number of benzene rings is 2. The number of nitrogens with zero attached hydrogens (tertiary/aromatic N) is 1. The van der Waals surface area contributed by atoms with Gasteiger partial charge in [0.2, 0.25) is 0 Å². The number of anilines is 2. The van der Waals surface area contributed by atoms with Gasteiger partial charge >= 0.3 is 0 Å². The van der Waals surface area contributed by atoms with Crippen molar-refractivity contribution in [2.75, 3.05) is 5.32 Å². The van der Waals surface area contributed by atoms with E-state index < -0.39 is 0 Å². The first kappa shape index (κ1) is 10.5. The Morgan fingerprint density at radius 2 is 1.75 bits per heavy atom. The summed E-state index contributed by atoms with van der Waals surface area (Å²) < 4.78 is 0. The number of hydrogen-bond acceptors (Lipinski definition) is 2. The minimum atomic E-state index is 0.462. The van der Waals surface area contributed by atoms with Crippen LogP contribution in [0.5, 0.6) is 0 Å². The number of para-hydroxylation sites is 1. The molecule has 2 nitrogen and oxygen atoms in total. The fourth-order valence-electron chi connectivity index (χ4n) is 1.37. The van der Waals surface area contributed by atoms with Gasteiger partial charge < -0.3 is 5.32 Å². The molecule has 2 aromatic rings. The molecule has 1 N–H and O–H groups in total. The third-order valence-corrected chi connectivity index (χ3v) is 2.46. The van der Waals surface area contributed by atoms with Gasteiger partial charge in [0.15, 0.2) is 0 Å². The highest BCUT2D eigenvalue weighted by molar-refractivity contribution is 6.32. The zero-order chi connectivity index (χ0) is 11.4. The van der Waals surface area contributed by atoms with E-state index in [1.54, 1.807) is 12.1 Å². The molecule has 0 atom stereocenters. The highest BCUT2D eigenvalue weighted by atomic mass is 35.5. The van der Waals surface area contributed by atoms with Crippen molar-refractivity contribution in [3.05, 3.63) is 59.1 Å². The summed E-state index contributed by atoms with van der Waals surface area (Å²) in [6, 6.07) is 17.1. The van der Waals surface area contributed by atoms with Gasteiger partial charge in [0.05, 0.1) is 10.6 Å². The monoisotopic (exact) mass is 228 g/mol. The van der Waals surface area contributed by atoms with Gasteiger partial charge in [0, 0.05) is 11.4 Å². The van der Waals surface area contributed by atoms with E-state index in [0.29, 0.717) is 10.6 Å². The van der Waals surface area contributed by atoms with Gasteiger partial charge in [-0.2, -0.15) is 5.26 Å². The predicted octanol–water partition coefficient (Wildman–Crippen LogP) is 3.96. The van der Waals surface area contributed by atoms with Gasteiger partial charge in [0.1, 0.15) is 6.07 Å². The first-order chi connectivity index (χ1) is 7.79. The molecule has 3 heteroatoms. The molecule has 0 fully saturated rings. The van der Waals surface area contributed by atoms with E-state index in [1.165, 1.54) is 0 Å². The van der Waals surface area contributed by atoms with Crippen molar-refractivity contribution in [1.29, 1.82) is 5.26 Å². The molecule has 0 spiro atoms. The Morgan fingerprint density at radius 3 is 2.38 bits per heavy atom. The summed E-state index contributed by atoms with van der Waals surface area (Å²) in [6.45, 7) is 0. The average Bonchev–Trinajstić information content (AvgIpc) is 2.31. The van der Waals surface area contributed by atoms with Crippen LogP contribution in [0.25, 0.3) is 0 Å². The molecule has 0 amide bonds. The Kier molecular flexibility index (Phi) is 3.09. The van der Waals surface area contributed by atoms with Crippen LogP contribution in [0.3, 0.4) is 0 Å². The second kappa shape index (κ2) is 4.69. The van der Waals surface area contributed by atoms with Crippen LogP contribution in [-0.2, 0) is 0 Å². The van der Waals surface area contributed by atoms with Crippen LogP contribution >= 0.6 is 11.6 Å². The molecular weight excluding hydrogens is 220 g/mol. The molecule has 0 saturated heterocycles. The Morgan fingerprint density at radius 1 is 1.00 bits per heavy atom. The van der Waals surface area contributed by atoms with Crippen molar-refractivity contribution in [1.82, 2.24) is 0 Å². The average molecular weight is 229 g/mol. The quantitative estimate of drug-likeness (QED) is 0.845. The van der Waals surface area contributed by atoms with E-state index in [4.69, 9.17) is 16.9 Å². The minimum absolute atomic E-state index is 0.462. The van der Waals surface area contributed by atoms with Crippen LogP contribution in [0.1, 0.15) is 5.56 Å². The van der Waals surface area contributed by atoms with E-state index in [-0.39, 0.29) is 0 Å². The van der Waals surface area contributed by atoms with Crippen molar-refractivity contribution in [2.24, 2.45) is 0 Å². The lowest BCUT2D eigenvalue weighted by Gasteiger charge is -2.06. The Labute approximate surface area is 99.1 Å². The molecule has 2 aromatic carbocycles. The molecule has 0 aromatic heterocycles. The summed E-state index contributed by atoms with van der Waals surface area (Å²) in [5.74, 6) is 0. The first-order valence-electron chi connectivity index (χ1n) is 4.81. The smallest absolute Gasteiger partial charge is 0.101 e. The summed E-state index contributed by atoms with van der Waals surface area (Å²) >= 11 is 5.93. The van der Waals surface area contributed by atoms with Crippen LogP contribution < -0.4 is 5.32 Å². The van der Waals surface area contributed by atoms with Crippen LogP contribution in [0, 0.1) is 11.3 Å². The van der Waals surface area contributed by atoms with E-state index >= 15 is 0 Å². The van der Waals surface area contributed by atoms with E-state index in [0.717, 1.165) is 11.4 Å². The maximum atomic E-state index is 8.74. The zero-order valence-electron chi connectivity index (χ0n) is 8.44.